The summed E-state index contributed by atoms with van der Waals surface area (Å²) in [6.07, 6.45) is 0.858. The molecule has 0 atom stereocenters. The molecule has 0 fully saturated rings. The first-order valence-corrected chi connectivity index (χ1v) is 9.35. The molecule has 11 heteroatoms. The zero-order valence-corrected chi connectivity index (χ0v) is 16.5. The Morgan fingerprint density at radius 3 is 2.65 bits per heavy atom. The second kappa shape index (κ2) is 8.23. The molecule has 3 heterocycles. The number of hydrogen-bond donors (Lipinski definition) is 1. The Balaban J connectivity index is 1.63. The largest absolute Gasteiger partial charge is 0.434 e. The summed E-state index contributed by atoms with van der Waals surface area (Å²) in [5.41, 5.74) is -1.12. The van der Waals surface area contributed by atoms with Crippen LogP contribution < -0.4 is 5.32 Å². The lowest BCUT2D eigenvalue weighted by Crippen LogP contribution is -2.27. The quantitative estimate of drug-likeness (QED) is 0.501. The molecule has 0 aliphatic carbocycles. The van der Waals surface area contributed by atoms with Gasteiger partial charge in [-0.25, -0.2) is 14.3 Å². The van der Waals surface area contributed by atoms with Gasteiger partial charge in [-0.2, -0.15) is 23.4 Å². The van der Waals surface area contributed by atoms with Crippen molar-refractivity contribution in [3.05, 3.63) is 89.1 Å². The summed E-state index contributed by atoms with van der Waals surface area (Å²) in [4.78, 5) is 16.9. The third-order valence-corrected chi connectivity index (χ3v) is 4.60. The van der Waals surface area contributed by atoms with E-state index in [1.54, 1.807) is 36.8 Å². The highest BCUT2D eigenvalue weighted by Crippen LogP contribution is 2.34. The van der Waals surface area contributed by atoms with Crippen molar-refractivity contribution in [2.75, 3.05) is 0 Å². The minimum Gasteiger partial charge on any atom is -0.348 e. The van der Waals surface area contributed by atoms with E-state index in [9.17, 15) is 18.0 Å². The van der Waals surface area contributed by atoms with Crippen LogP contribution in [0.25, 0.3) is 11.5 Å². The van der Waals surface area contributed by atoms with Gasteiger partial charge in [0.1, 0.15) is 0 Å². The molecule has 0 aliphatic heterocycles. The Morgan fingerprint density at radius 2 is 1.94 bits per heavy atom. The van der Waals surface area contributed by atoms with E-state index in [-0.39, 0.29) is 17.3 Å². The first-order chi connectivity index (χ1) is 14.8. The Labute approximate surface area is 179 Å². The van der Waals surface area contributed by atoms with Crippen molar-refractivity contribution in [1.82, 2.24) is 29.9 Å². The summed E-state index contributed by atoms with van der Waals surface area (Å²) in [6, 6.07) is 10.8. The van der Waals surface area contributed by atoms with Crippen LogP contribution in [0.5, 0.6) is 0 Å². The molecule has 31 heavy (non-hydrogen) atoms. The van der Waals surface area contributed by atoms with E-state index in [4.69, 9.17) is 11.6 Å². The van der Waals surface area contributed by atoms with Crippen LogP contribution in [0, 0.1) is 0 Å². The number of aromatic nitrogens is 5. The zero-order chi connectivity index (χ0) is 22.0. The highest BCUT2D eigenvalue weighted by atomic mass is 35.5. The molecule has 0 spiro atoms. The first-order valence-electron chi connectivity index (χ1n) is 8.98. The maximum Gasteiger partial charge on any atom is 0.434 e. The fourth-order valence-corrected chi connectivity index (χ4v) is 3.21. The monoisotopic (exact) mass is 446 g/mol. The molecule has 4 aromatic rings. The lowest BCUT2D eigenvalue weighted by atomic mass is 10.2. The number of halogens is 4. The lowest BCUT2D eigenvalue weighted by molar-refractivity contribution is -0.143. The van der Waals surface area contributed by atoms with Gasteiger partial charge in [0.2, 0.25) is 0 Å². The Kier molecular flexibility index (Phi) is 5.47. The van der Waals surface area contributed by atoms with E-state index in [0.29, 0.717) is 16.1 Å². The molecule has 0 saturated carbocycles. The predicted molar refractivity (Wildman–Crippen MR) is 106 cm³/mol. The molecule has 0 aliphatic rings. The van der Waals surface area contributed by atoms with E-state index in [2.05, 4.69) is 20.5 Å². The van der Waals surface area contributed by atoms with Crippen LogP contribution in [0.15, 0.2) is 67.3 Å². The number of carbonyl (C=O) groups is 1. The average molecular weight is 447 g/mol. The average Bonchev–Trinajstić information content (AvgIpc) is 3.42. The number of pyridine rings is 1. The molecule has 4 rings (SSSR count). The second-order valence-electron chi connectivity index (χ2n) is 6.42. The molecule has 0 bridgehead atoms. The topological polar surface area (TPSA) is 77.6 Å². The van der Waals surface area contributed by atoms with Crippen LogP contribution in [0.2, 0.25) is 5.02 Å². The molecule has 1 N–H and O–H groups in total. The summed E-state index contributed by atoms with van der Waals surface area (Å²) in [6.45, 7) is -0.0541. The maximum absolute atomic E-state index is 13.8. The van der Waals surface area contributed by atoms with Gasteiger partial charge in [0.15, 0.2) is 11.5 Å². The lowest BCUT2D eigenvalue weighted by Gasteiger charge is -2.13. The van der Waals surface area contributed by atoms with Crippen LogP contribution in [-0.4, -0.2) is 30.5 Å². The summed E-state index contributed by atoms with van der Waals surface area (Å²) in [5.74, 6) is -0.464. The van der Waals surface area contributed by atoms with Gasteiger partial charge in [-0.1, -0.05) is 23.7 Å². The van der Waals surface area contributed by atoms with E-state index in [1.165, 1.54) is 28.9 Å². The minimum atomic E-state index is -4.82. The van der Waals surface area contributed by atoms with Crippen LogP contribution in [-0.2, 0) is 12.7 Å². The molecule has 0 saturated heterocycles. The fourth-order valence-electron chi connectivity index (χ4n) is 3.03. The number of benzene rings is 1. The van der Waals surface area contributed by atoms with Crippen molar-refractivity contribution in [3.8, 4) is 11.5 Å². The molecule has 0 unspecified atom stereocenters. The molecule has 158 valence electrons. The SMILES string of the molecule is O=C(NCc1cccnc1-n1cccn1)c1cnn(-c2cccc(Cl)c2)c1C(F)(F)F. The summed E-state index contributed by atoms with van der Waals surface area (Å²) >= 11 is 5.89. The van der Waals surface area contributed by atoms with Crippen LogP contribution in [0.1, 0.15) is 21.6 Å². The molecule has 3 aromatic heterocycles. The van der Waals surface area contributed by atoms with Crippen LogP contribution in [0.3, 0.4) is 0 Å². The first kappa shape index (κ1) is 20.6. The normalized spacial score (nSPS) is 11.5. The minimum absolute atomic E-state index is 0.0541. The van der Waals surface area contributed by atoms with Crippen molar-refractivity contribution in [2.45, 2.75) is 12.7 Å². The number of rotatable bonds is 5. The molecule has 7 nitrogen and oxygen atoms in total. The third kappa shape index (κ3) is 4.29. The van der Waals surface area contributed by atoms with E-state index < -0.39 is 23.3 Å². The summed E-state index contributed by atoms with van der Waals surface area (Å²) in [5, 5.41) is 10.6. The number of alkyl halides is 3. The Hall–Kier alpha value is -3.66. The molecule has 1 aromatic carbocycles. The van der Waals surface area contributed by atoms with Gasteiger partial charge in [-0.15, -0.1) is 0 Å². The summed E-state index contributed by atoms with van der Waals surface area (Å²) in [7, 11) is 0. The van der Waals surface area contributed by atoms with E-state index in [0.717, 1.165) is 6.20 Å². The van der Waals surface area contributed by atoms with Gasteiger partial charge in [0, 0.05) is 35.7 Å². The van der Waals surface area contributed by atoms with Crippen molar-refractivity contribution >= 4 is 17.5 Å². The van der Waals surface area contributed by atoms with Gasteiger partial charge in [0.05, 0.1) is 17.4 Å². The third-order valence-electron chi connectivity index (χ3n) is 4.36. The van der Waals surface area contributed by atoms with Gasteiger partial charge in [-0.05, 0) is 30.3 Å². The fraction of sp³-hybridized carbons (Fsp3) is 0.100. The highest BCUT2D eigenvalue weighted by molar-refractivity contribution is 6.30. The van der Waals surface area contributed by atoms with E-state index >= 15 is 0 Å². The van der Waals surface area contributed by atoms with Crippen molar-refractivity contribution < 1.29 is 18.0 Å². The van der Waals surface area contributed by atoms with Crippen molar-refractivity contribution in [2.24, 2.45) is 0 Å². The maximum atomic E-state index is 13.8. The highest BCUT2D eigenvalue weighted by Gasteiger charge is 2.40. The van der Waals surface area contributed by atoms with Gasteiger partial charge in [-0.3, -0.25) is 4.79 Å². The number of hydrogen-bond acceptors (Lipinski definition) is 4. The number of nitrogens with one attached hydrogen (secondary N) is 1. The second-order valence-corrected chi connectivity index (χ2v) is 6.85. The molecule has 0 radical (unpaired) electrons. The smallest absolute Gasteiger partial charge is 0.348 e. The standard InChI is InChI=1S/C20H14ClF3N6O/c21-14-5-1-6-15(10-14)30-17(20(22,23)24)16(12-28-30)19(31)26-11-13-4-2-7-25-18(13)29-9-3-8-27-29/h1-10,12H,11H2,(H,26,31). The van der Waals surface area contributed by atoms with Crippen molar-refractivity contribution in [1.29, 1.82) is 0 Å². The van der Waals surface area contributed by atoms with Crippen molar-refractivity contribution in [3.63, 3.8) is 0 Å². The van der Waals surface area contributed by atoms with E-state index in [1.807, 2.05) is 0 Å². The predicted octanol–water partition coefficient (Wildman–Crippen LogP) is 4.06. The van der Waals surface area contributed by atoms with Crippen LogP contribution in [0.4, 0.5) is 13.2 Å². The number of nitrogens with zero attached hydrogens (tertiary/aromatic N) is 5. The van der Waals surface area contributed by atoms with Gasteiger partial charge in [0.25, 0.3) is 5.91 Å². The Morgan fingerprint density at radius 1 is 1.10 bits per heavy atom. The number of amides is 1. The Bertz CT molecular complexity index is 1220. The van der Waals surface area contributed by atoms with Gasteiger partial charge >= 0.3 is 6.18 Å². The molecular weight excluding hydrogens is 433 g/mol. The van der Waals surface area contributed by atoms with Gasteiger partial charge < -0.3 is 5.32 Å². The summed E-state index contributed by atoms with van der Waals surface area (Å²) < 4.78 is 43.6. The number of carbonyl (C=O) groups excluding carboxylic acids is 1. The van der Waals surface area contributed by atoms with Crippen LogP contribution >= 0.6 is 11.6 Å². The molecular formula is C20H14ClF3N6O. The molecule has 1 amide bonds. The zero-order valence-electron chi connectivity index (χ0n) is 15.7.